The highest BCUT2D eigenvalue weighted by molar-refractivity contribution is 7.92. The summed E-state index contributed by atoms with van der Waals surface area (Å²) in [6.07, 6.45) is -4.03. The number of alkyl halides is 3. The minimum absolute atomic E-state index is 0.0435. The summed E-state index contributed by atoms with van der Waals surface area (Å²) in [5.74, 6) is -0.467. The van der Waals surface area contributed by atoms with Crippen molar-refractivity contribution in [2.24, 2.45) is 11.8 Å². The van der Waals surface area contributed by atoms with Gasteiger partial charge >= 0.3 is 6.18 Å². The number of carbonyl (C=O) groups is 1. The standard InChI is InChI=1S/C21H23F3N2O5S/c1-13-12-31-9-8-17(13)20(27)25-15-6-7-19(18(11-15)30-2)32(28,29)26-16-5-3-4-14(10-16)21(22,23)24/h3-7,10-11,13,17,26H,8-9,12H2,1-2H3,(H,25,27)/t13-,17+/m1/s1. The highest BCUT2D eigenvalue weighted by Gasteiger charge is 2.31. The first-order chi connectivity index (χ1) is 15.0. The summed E-state index contributed by atoms with van der Waals surface area (Å²) in [4.78, 5) is 12.3. The maximum absolute atomic E-state index is 12.9. The molecule has 32 heavy (non-hydrogen) atoms. The van der Waals surface area contributed by atoms with E-state index >= 15 is 0 Å². The van der Waals surface area contributed by atoms with Gasteiger partial charge in [0.15, 0.2) is 0 Å². The molecule has 2 aromatic carbocycles. The fraction of sp³-hybridized carbons (Fsp3) is 0.381. The van der Waals surface area contributed by atoms with Crippen molar-refractivity contribution in [3.05, 3.63) is 48.0 Å². The Labute approximate surface area is 184 Å². The zero-order valence-electron chi connectivity index (χ0n) is 17.4. The van der Waals surface area contributed by atoms with Gasteiger partial charge in [0.25, 0.3) is 10.0 Å². The molecule has 3 rings (SSSR count). The van der Waals surface area contributed by atoms with Crippen LogP contribution in [0.15, 0.2) is 47.4 Å². The molecule has 1 aliphatic rings. The monoisotopic (exact) mass is 472 g/mol. The Morgan fingerprint density at radius 2 is 1.91 bits per heavy atom. The lowest BCUT2D eigenvalue weighted by molar-refractivity contribution is -0.137. The molecule has 2 aromatic rings. The number of amides is 1. The fourth-order valence-corrected chi connectivity index (χ4v) is 4.64. The van der Waals surface area contributed by atoms with Gasteiger partial charge in [0.05, 0.1) is 12.7 Å². The van der Waals surface area contributed by atoms with Gasteiger partial charge in [-0.2, -0.15) is 13.2 Å². The van der Waals surface area contributed by atoms with E-state index in [1.165, 1.54) is 31.4 Å². The molecule has 0 saturated carbocycles. The second-order valence-corrected chi connectivity index (χ2v) is 9.14. The van der Waals surface area contributed by atoms with Crippen molar-refractivity contribution in [3.8, 4) is 5.75 Å². The molecular weight excluding hydrogens is 449 g/mol. The van der Waals surface area contributed by atoms with Crippen LogP contribution in [0.4, 0.5) is 24.5 Å². The van der Waals surface area contributed by atoms with Gasteiger partial charge in [-0.1, -0.05) is 13.0 Å². The number of carbonyl (C=O) groups excluding carboxylic acids is 1. The summed E-state index contributed by atoms with van der Waals surface area (Å²) >= 11 is 0. The summed E-state index contributed by atoms with van der Waals surface area (Å²) in [7, 11) is -3.01. The zero-order valence-corrected chi connectivity index (χ0v) is 18.2. The Kier molecular flexibility index (Phi) is 6.99. The maximum atomic E-state index is 12.9. The summed E-state index contributed by atoms with van der Waals surface area (Å²) < 4.78 is 77.0. The van der Waals surface area contributed by atoms with E-state index in [0.29, 0.717) is 31.4 Å². The number of hydrogen-bond acceptors (Lipinski definition) is 5. The van der Waals surface area contributed by atoms with Gasteiger partial charge in [-0.05, 0) is 42.7 Å². The van der Waals surface area contributed by atoms with E-state index in [9.17, 15) is 26.4 Å². The largest absolute Gasteiger partial charge is 0.495 e. The van der Waals surface area contributed by atoms with Crippen LogP contribution in [-0.4, -0.2) is 34.6 Å². The molecule has 7 nitrogen and oxygen atoms in total. The van der Waals surface area contributed by atoms with Crippen LogP contribution >= 0.6 is 0 Å². The number of halogens is 3. The van der Waals surface area contributed by atoms with Crippen molar-refractivity contribution >= 4 is 27.3 Å². The van der Waals surface area contributed by atoms with Crippen molar-refractivity contribution in [2.45, 2.75) is 24.4 Å². The van der Waals surface area contributed by atoms with Gasteiger partial charge in [0.2, 0.25) is 5.91 Å². The van der Waals surface area contributed by atoms with Gasteiger partial charge in [0, 0.05) is 36.6 Å². The second-order valence-electron chi connectivity index (χ2n) is 7.49. The average molecular weight is 472 g/mol. The lowest BCUT2D eigenvalue weighted by Crippen LogP contribution is -2.35. The third-order valence-corrected chi connectivity index (χ3v) is 6.56. The minimum Gasteiger partial charge on any atom is -0.495 e. The number of benzene rings is 2. The molecule has 1 saturated heterocycles. The first kappa shape index (κ1) is 23.9. The molecule has 0 aromatic heterocycles. The predicted molar refractivity (Wildman–Crippen MR) is 112 cm³/mol. The highest BCUT2D eigenvalue weighted by atomic mass is 32.2. The molecule has 0 unspecified atom stereocenters. The van der Waals surface area contributed by atoms with E-state index in [-0.39, 0.29) is 34.1 Å². The molecule has 1 fully saturated rings. The van der Waals surface area contributed by atoms with Crippen LogP contribution in [0.25, 0.3) is 0 Å². The summed E-state index contributed by atoms with van der Waals surface area (Å²) in [5.41, 5.74) is -0.888. The number of ether oxygens (including phenoxy) is 2. The molecule has 1 amide bonds. The topological polar surface area (TPSA) is 93.7 Å². The van der Waals surface area contributed by atoms with Crippen LogP contribution in [0.2, 0.25) is 0 Å². The molecule has 0 spiro atoms. The number of nitrogens with one attached hydrogen (secondary N) is 2. The maximum Gasteiger partial charge on any atom is 0.416 e. The molecule has 0 bridgehead atoms. The number of rotatable bonds is 6. The van der Waals surface area contributed by atoms with E-state index < -0.39 is 21.8 Å². The van der Waals surface area contributed by atoms with Crippen molar-refractivity contribution < 1.29 is 35.9 Å². The number of hydrogen-bond donors (Lipinski definition) is 2. The predicted octanol–water partition coefficient (Wildman–Crippen LogP) is 4.13. The third kappa shape index (κ3) is 5.52. The van der Waals surface area contributed by atoms with Crippen LogP contribution in [-0.2, 0) is 25.7 Å². The number of anilines is 2. The molecule has 11 heteroatoms. The van der Waals surface area contributed by atoms with Gasteiger partial charge in [-0.25, -0.2) is 8.42 Å². The molecule has 174 valence electrons. The summed E-state index contributed by atoms with van der Waals surface area (Å²) in [6, 6.07) is 7.82. The van der Waals surface area contributed by atoms with Gasteiger partial charge < -0.3 is 14.8 Å². The molecule has 0 aliphatic carbocycles. The molecule has 0 radical (unpaired) electrons. The smallest absolute Gasteiger partial charge is 0.416 e. The molecule has 1 aliphatic heterocycles. The van der Waals surface area contributed by atoms with Crippen LogP contribution in [0, 0.1) is 11.8 Å². The molecule has 2 atom stereocenters. The summed E-state index contributed by atoms with van der Waals surface area (Å²) in [5, 5.41) is 2.75. The SMILES string of the molecule is COc1cc(NC(=O)[C@H]2CCOC[C@H]2C)ccc1S(=O)(=O)Nc1cccc(C(F)(F)F)c1. The Hall–Kier alpha value is -2.79. The van der Waals surface area contributed by atoms with E-state index in [0.717, 1.165) is 12.1 Å². The third-order valence-electron chi connectivity index (χ3n) is 5.14. The normalized spacial score (nSPS) is 19.3. The second kappa shape index (κ2) is 9.37. The average Bonchev–Trinajstić information content (AvgIpc) is 2.73. The van der Waals surface area contributed by atoms with E-state index in [2.05, 4.69) is 10.0 Å². The highest BCUT2D eigenvalue weighted by Crippen LogP contribution is 2.33. The lowest BCUT2D eigenvalue weighted by Gasteiger charge is -2.27. The lowest BCUT2D eigenvalue weighted by atomic mass is 9.89. The Balaban J connectivity index is 1.81. The van der Waals surface area contributed by atoms with Crippen LogP contribution in [0.3, 0.4) is 0 Å². The minimum atomic E-state index is -4.61. The van der Waals surface area contributed by atoms with Crippen molar-refractivity contribution in [1.29, 1.82) is 0 Å². The van der Waals surface area contributed by atoms with Gasteiger partial charge in [-0.3, -0.25) is 9.52 Å². The molecular formula is C21H23F3N2O5S. The van der Waals surface area contributed by atoms with E-state index in [1.807, 2.05) is 6.92 Å². The Bertz CT molecular complexity index is 1090. The first-order valence-electron chi connectivity index (χ1n) is 9.78. The Morgan fingerprint density at radius 3 is 2.56 bits per heavy atom. The first-order valence-corrected chi connectivity index (χ1v) is 11.3. The molecule has 2 N–H and O–H groups in total. The number of methoxy groups -OCH3 is 1. The van der Waals surface area contributed by atoms with Gasteiger partial charge in [0.1, 0.15) is 10.6 Å². The van der Waals surface area contributed by atoms with Crippen LogP contribution in [0.5, 0.6) is 5.75 Å². The van der Waals surface area contributed by atoms with Crippen molar-refractivity contribution in [3.63, 3.8) is 0 Å². The molecule has 1 heterocycles. The number of sulfonamides is 1. The van der Waals surface area contributed by atoms with Crippen molar-refractivity contribution in [2.75, 3.05) is 30.4 Å². The van der Waals surface area contributed by atoms with Crippen LogP contribution < -0.4 is 14.8 Å². The van der Waals surface area contributed by atoms with E-state index in [4.69, 9.17) is 9.47 Å². The quantitative estimate of drug-likeness (QED) is 0.660. The summed E-state index contributed by atoms with van der Waals surface area (Å²) in [6.45, 7) is 2.89. The fourth-order valence-electron chi connectivity index (χ4n) is 3.44. The van der Waals surface area contributed by atoms with Crippen molar-refractivity contribution in [1.82, 2.24) is 0 Å². The zero-order chi connectivity index (χ0) is 23.5. The Morgan fingerprint density at radius 1 is 1.16 bits per heavy atom. The van der Waals surface area contributed by atoms with Crippen LogP contribution in [0.1, 0.15) is 18.9 Å². The van der Waals surface area contributed by atoms with E-state index in [1.54, 1.807) is 0 Å². The van der Waals surface area contributed by atoms with Gasteiger partial charge in [-0.15, -0.1) is 0 Å².